The lowest BCUT2D eigenvalue weighted by atomic mass is 9.77. The van der Waals surface area contributed by atoms with Crippen LogP contribution in [0.4, 0.5) is 0 Å². The van der Waals surface area contributed by atoms with Crippen LogP contribution in [0, 0.1) is 0 Å². The van der Waals surface area contributed by atoms with Crippen molar-refractivity contribution in [3.05, 3.63) is 69.7 Å². The first-order chi connectivity index (χ1) is 12.6. The Morgan fingerprint density at radius 2 is 1.77 bits per heavy atom. The fourth-order valence-corrected chi connectivity index (χ4v) is 5.83. The van der Waals surface area contributed by atoms with E-state index >= 15 is 0 Å². The van der Waals surface area contributed by atoms with Crippen LogP contribution < -0.4 is 0 Å². The third-order valence-electron chi connectivity index (χ3n) is 5.55. The van der Waals surface area contributed by atoms with Crippen molar-refractivity contribution in [1.29, 1.82) is 0 Å². The summed E-state index contributed by atoms with van der Waals surface area (Å²) in [5, 5.41) is 1.48. The molecule has 1 saturated heterocycles. The lowest BCUT2D eigenvalue weighted by Crippen LogP contribution is -2.45. The zero-order valence-electron chi connectivity index (χ0n) is 14.5. The van der Waals surface area contributed by atoms with Crippen molar-refractivity contribution in [2.75, 3.05) is 12.3 Å². The van der Waals surface area contributed by atoms with Gasteiger partial charge in [0.25, 0.3) is 0 Å². The maximum absolute atomic E-state index is 13.8. The Kier molecular flexibility index (Phi) is 5.22. The van der Waals surface area contributed by atoms with E-state index < -0.39 is 5.41 Å². The van der Waals surface area contributed by atoms with Gasteiger partial charge in [-0.1, -0.05) is 60.3 Å². The summed E-state index contributed by atoms with van der Waals surface area (Å²) in [5.74, 6) is 1.21. The Bertz CT molecular complexity index is 802. The maximum atomic E-state index is 13.8. The molecule has 136 valence electrons. The molecule has 0 spiro atoms. The van der Waals surface area contributed by atoms with E-state index in [0.717, 1.165) is 54.1 Å². The van der Waals surface area contributed by atoms with Gasteiger partial charge >= 0.3 is 0 Å². The molecule has 1 aliphatic heterocycles. The van der Waals surface area contributed by atoms with E-state index in [1.165, 1.54) is 0 Å². The first-order valence-electron chi connectivity index (χ1n) is 9.04. The van der Waals surface area contributed by atoms with Crippen molar-refractivity contribution >= 4 is 40.9 Å². The van der Waals surface area contributed by atoms with Gasteiger partial charge in [-0.15, -0.1) is 11.8 Å². The topological polar surface area (TPSA) is 20.3 Å². The molecule has 0 N–H and O–H groups in total. The minimum absolute atomic E-state index is 0.0472. The number of amides is 1. The quantitative estimate of drug-likeness (QED) is 0.616. The molecule has 4 rings (SSSR count). The smallest absolute Gasteiger partial charge is 0.234 e. The van der Waals surface area contributed by atoms with Crippen LogP contribution in [-0.2, 0) is 10.2 Å². The van der Waals surface area contributed by atoms with E-state index in [-0.39, 0.29) is 11.3 Å². The van der Waals surface area contributed by atoms with Crippen LogP contribution in [0.2, 0.25) is 10.0 Å². The molecule has 2 aromatic rings. The van der Waals surface area contributed by atoms with Gasteiger partial charge in [-0.3, -0.25) is 4.79 Å². The zero-order chi connectivity index (χ0) is 18.1. The largest absolute Gasteiger partial charge is 0.325 e. The lowest BCUT2D eigenvalue weighted by Gasteiger charge is -2.35. The molecule has 2 aromatic carbocycles. The predicted octanol–water partition coefficient (Wildman–Crippen LogP) is 6.08. The molecular formula is C21H21Cl2NOS. The van der Waals surface area contributed by atoms with Gasteiger partial charge in [-0.05, 0) is 48.2 Å². The van der Waals surface area contributed by atoms with Crippen LogP contribution in [0.1, 0.15) is 42.2 Å². The fraction of sp³-hybridized carbons (Fsp3) is 0.381. The Morgan fingerprint density at radius 1 is 1.04 bits per heavy atom. The Hall–Kier alpha value is -1.16. The van der Waals surface area contributed by atoms with Crippen LogP contribution in [0.15, 0.2) is 48.5 Å². The summed E-state index contributed by atoms with van der Waals surface area (Å²) in [5.41, 5.74) is 1.80. The van der Waals surface area contributed by atoms with E-state index in [1.54, 1.807) is 0 Å². The summed E-state index contributed by atoms with van der Waals surface area (Å²) in [6.07, 6.45) is 4.02. The molecule has 26 heavy (non-hydrogen) atoms. The predicted molar refractivity (Wildman–Crippen MR) is 110 cm³/mol. The van der Waals surface area contributed by atoms with Gasteiger partial charge in [0.1, 0.15) is 5.37 Å². The molecule has 1 aliphatic carbocycles. The van der Waals surface area contributed by atoms with Gasteiger partial charge in [0, 0.05) is 22.3 Å². The number of benzene rings is 2. The van der Waals surface area contributed by atoms with Gasteiger partial charge in [0.05, 0.1) is 5.41 Å². The molecule has 2 nitrogen and oxygen atoms in total. The monoisotopic (exact) mass is 405 g/mol. The zero-order valence-corrected chi connectivity index (χ0v) is 16.8. The first kappa shape index (κ1) is 18.2. The highest BCUT2D eigenvalue weighted by molar-refractivity contribution is 7.99. The lowest BCUT2D eigenvalue weighted by molar-refractivity contribution is -0.137. The second-order valence-electron chi connectivity index (χ2n) is 7.07. The standard InChI is InChI=1S/C21H21Cl2NOS/c22-17-8-6-16(7-9-17)21(10-1-2-11-21)20(25)24-12-13-26-19(24)15-4-3-5-18(23)14-15/h3-9,14,19H,1-2,10-13H2. The number of hydrogen-bond donors (Lipinski definition) is 0. The number of carbonyl (C=O) groups is 1. The molecular weight excluding hydrogens is 385 g/mol. The highest BCUT2D eigenvalue weighted by atomic mass is 35.5. The molecule has 1 heterocycles. The molecule has 2 aliphatic rings. The fourth-order valence-electron chi connectivity index (χ4n) is 4.26. The van der Waals surface area contributed by atoms with E-state index in [2.05, 4.69) is 11.0 Å². The maximum Gasteiger partial charge on any atom is 0.234 e. The highest BCUT2D eigenvalue weighted by Crippen LogP contribution is 2.47. The second kappa shape index (κ2) is 7.46. The van der Waals surface area contributed by atoms with Crippen molar-refractivity contribution in [1.82, 2.24) is 4.90 Å². The number of nitrogens with zero attached hydrogens (tertiary/aromatic N) is 1. The summed E-state index contributed by atoms with van der Waals surface area (Å²) >= 11 is 14.1. The molecule has 1 unspecified atom stereocenters. The van der Waals surface area contributed by atoms with E-state index in [9.17, 15) is 4.79 Å². The minimum Gasteiger partial charge on any atom is -0.325 e. The van der Waals surface area contributed by atoms with Gasteiger partial charge in [0.15, 0.2) is 0 Å². The van der Waals surface area contributed by atoms with Crippen molar-refractivity contribution in [3.8, 4) is 0 Å². The van der Waals surface area contributed by atoms with Crippen LogP contribution in [-0.4, -0.2) is 23.1 Å². The van der Waals surface area contributed by atoms with Crippen molar-refractivity contribution < 1.29 is 4.79 Å². The first-order valence-corrected chi connectivity index (χ1v) is 10.8. The molecule has 1 saturated carbocycles. The van der Waals surface area contributed by atoms with Gasteiger partial charge in [-0.2, -0.15) is 0 Å². The normalized spacial score (nSPS) is 21.9. The number of carbonyl (C=O) groups excluding carboxylic acids is 1. The third kappa shape index (κ3) is 3.26. The summed E-state index contributed by atoms with van der Waals surface area (Å²) in [6, 6.07) is 15.8. The highest BCUT2D eigenvalue weighted by Gasteiger charge is 2.47. The molecule has 0 bridgehead atoms. The van der Waals surface area contributed by atoms with Crippen LogP contribution in [0.25, 0.3) is 0 Å². The SMILES string of the molecule is O=C(N1CCSC1c1cccc(Cl)c1)C1(c2ccc(Cl)cc2)CCCC1. The number of thioether (sulfide) groups is 1. The number of hydrogen-bond acceptors (Lipinski definition) is 2. The van der Waals surface area contributed by atoms with Crippen LogP contribution >= 0.6 is 35.0 Å². The average molecular weight is 406 g/mol. The molecule has 0 radical (unpaired) electrons. The summed E-state index contributed by atoms with van der Waals surface area (Å²) in [7, 11) is 0. The van der Waals surface area contributed by atoms with Gasteiger partial charge in [-0.25, -0.2) is 0 Å². The van der Waals surface area contributed by atoms with Crippen molar-refractivity contribution in [2.24, 2.45) is 0 Å². The Balaban J connectivity index is 1.68. The Labute approximate surface area is 168 Å². The van der Waals surface area contributed by atoms with Crippen LogP contribution in [0.5, 0.6) is 0 Å². The van der Waals surface area contributed by atoms with Crippen LogP contribution in [0.3, 0.4) is 0 Å². The minimum atomic E-state index is -0.410. The average Bonchev–Trinajstić information content (AvgIpc) is 3.32. The van der Waals surface area contributed by atoms with Gasteiger partial charge in [0.2, 0.25) is 5.91 Å². The molecule has 5 heteroatoms. The molecule has 1 amide bonds. The number of rotatable bonds is 3. The summed E-state index contributed by atoms with van der Waals surface area (Å²) in [4.78, 5) is 15.8. The second-order valence-corrected chi connectivity index (χ2v) is 9.13. The van der Waals surface area contributed by atoms with Crippen molar-refractivity contribution in [3.63, 3.8) is 0 Å². The Morgan fingerprint density at radius 3 is 2.46 bits per heavy atom. The molecule has 1 atom stereocenters. The molecule has 0 aromatic heterocycles. The van der Waals surface area contributed by atoms with E-state index in [0.29, 0.717) is 5.02 Å². The van der Waals surface area contributed by atoms with E-state index in [4.69, 9.17) is 23.2 Å². The summed E-state index contributed by atoms with van der Waals surface area (Å²) < 4.78 is 0. The van der Waals surface area contributed by atoms with Gasteiger partial charge < -0.3 is 4.90 Å². The molecule has 2 fully saturated rings. The third-order valence-corrected chi connectivity index (χ3v) is 7.30. The summed E-state index contributed by atoms with van der Waals surface area (Å²) in [6.45, 7) is 0.788. The number of halogens is 2. The van der Waals surface area contributed by atoms with Crippen molar-refractivity contribution in [2.45, 2.75) is 36.5 Å². The van der Waals surface area contributed by atoms with E-state index in [1.807, 2.05) is 54.2 Å².